The van der Waals surface area contributed by atoms with Crippen LogP contribution in [0.5, 0.6) is 0 Å². The van der Waals surface area contributed by atoms with Crippen molar-refractivity contribution in [2.45, 2.75) is 39.7 Å². The summed E-state index contributed by atoms with van der Waals surface area (Å²) in [5.74, 6) is -1.04. The molecule has 0 spiro atoms. The fourth-order valence-electron chi connectivity index (χ4n) is 1.05. The van der Waals surface area contributed by atoms with Crippen LogP contribution in [0.1, 0.15) is 33.3 Å². The van der Waals surface area contributed by atoms with Gasteiger partial charge in [0, 0.05) is 5.54 Å². The lowest BCUT2D eigenvalue weighted by Gasteiger charge is -2.06. The van der Waals surface area contributed by atoms with Gasteiger partial charge in [-0.05, 0) is 32.8 Å². The van der Waals surface area contributed by atoms with Crippen LogP contribution < -0.4 is 5.73 Å². The van der Waals surface area contributed by atoms with E-state index in [0.717, 1.165) is 5.56 Å². The fraction of sp³-hybridized carbons (Fsp3) is 0.500. The Morgan fingerprint density at radius 1 is 1.29 bits per heavy atom. The average Bonchev–Trinajstić information content (AvgIpc) is 2.16. The lowest BCUT2D eigenvalue weighted by molar-refractivity contribution is -0.141. The molecule has 1 aromatic rings. The fourth-order valence-corrected chi connectivity index (χ4v) is 1.05. The monoisotopic (exact) mass is 237 g/mol. The van der Waals surface area contributed by atoms with Crippen LogP contribution >= 0.6 is 0 Å². The molecule has 1 atom stereocenters. The Hall–Kier alpha value is -1.35. The van der Waals surface area contributed by atoms with Gasteiger partial charge in [0.1, 0.15) is 0 Å². The Morgan fingerprint density at radius 2 is 1.71 bits per heavy atom. The number of nitrogens with two attached hydrogens (primary N) is 1. The molecule has 0 unspecified atom stereocenters. The van der Waals surface area contributed by atoms with Crippen LogP contribution in [0.15, 0.2) is 30.3 Å². The van der Waals surface area contributed by atoms with Crippen molar-refractivity contribution in [3.05, 3.63) is 35.9 Å². The minimum absolute atomic E-state index is 0. The molecule has 0 bridgehead atoms. The third kappa shape index (κ3) is 10.9. The zero-order valence-corrected chi connectivity index (χ0v) is 11.1. The molecule has 96 valence electrons. The molecule has 0 heterocycles. The highest BCUT2D eigenvalue weighted by atomic mass is 16.4. The summed E-state index contributed by atoms with van der Waals surface area (Å²) in [5.41, 5.74) is 6.43. The van der Waals surface area contributed by atoms with Crippen LogP contribution in [-0.4, -0.2) is 16.6 Å². The van der Waals surface area contributed by atoms with E-state index in [1.54, 1.807) is 6.92 Å². The number of aliphatic carboxylic acids is 1. The van der Waals surface area contributed by atoms with Crippen molar-refractivity contribution in [2.75, 3.05) is 0 Å². The smallest absolute Gasteiger partial charge is 0.306 e. The van der Waals surface area contributed by atoms with Gasteiger partial charge in [0.25, 0.3) is 0 Å². The average molecular weight is 237 g/mol. The van der Waals surface area contributed by atoms with Gasteiger partial charge in [-0.25, -0.2) is 0 Å². The summed E-state index contributed by atoms with van der Waals surface area (Å²) in [7, 11) is 0. The van der Waals surface area contributed by atoms with Crippen LogP contribution in [0.2, 0.25) is 0 Å². The molecule has 3 N–H and O–H groups in total. The highest BCUT2D eigenvalue weighted by Crippen LogP contribution is 2.07. The molecular weight excluding hydrogens is 214 g/mol. The number of hydrogen-bond acceptors (Lipinski definition) is 2. The third-order valence-electron chi connectivity index (χ3n) is 1.81. The third-order valence-corrected chi connectivity index (χ3v) is 1.81. The topological polar surface area (TPSA) is 63.3 Å². The summed E-state index contributed by atoms with van der Waals surface area (Å²) in [6.45, 7) is 7.61. The van der Waals surface area contributed by atoms with E-state index in [1.807, 2.05) is 51.1 Å². The first-order valence-electron chi connectivity index (χ1n) is 5.75. The van der Waals surface area contributed by atoms with Gasteiger partial charge in [-0.2, -0.15) is 0 Å². The first-order valence-corrected chi connectivity index (χ1v) is 5.75. The molecular formula is C14H23NO2. The highest BCUT2D eigenvalue weighted by molar-refractivity contribution is 5.69. The number of carboxylic acid groups (broad SMARTS) is 1. The van der Waals surface area contributed by atoms with Crippen molar-refractivity contribution in [2.24, 2.45) is 11.7 Å². The quantitative estimate of drug-likeness (QED) is 0.849. The van der Waals surface area contributed by atoms with Crippen molar-refractivity contribution in [1.29, 1.82) is 0 Å². The van der Waals surface area contributed by atoms with E-state index in [0.29, 0.717) is 6.42 Å². The van der Waals surface area contributed by atoms with E-state index < -0.39 is 5.97 Å². The standard InChI is InChI=1S/C10H12O2.C4H11N/c1-8(10(11)12)7-9-5-3-2-4-6-9;1-4(2,3)5/h2-6,8H,7H2,1H3,(H,11,12);5H2,1-3H3/t8-;/m0./s1. The molecule has 3 nitrogen and oxygen atoms in total. The van der Waals surface area contributed by atoms with Gasteiger partial charge in [-0.3, -0.25) is 4.79 Å². The first-order chi connectivity index (χ1) is 7.70. The first kappa shape index (κ1) is 15.7. The Balaban J connectivity index is 0.000000437. The van der Waals surface area contributed by atoms with Crippen LogP contribution in [0.4, 0.5) is 0 Å². The number of carbonyl (C=O) groups is 1. The SMILES string of the molecule is CC(C)(C)N.C[C@@H](Cc1ccccc1)C(=O)O. The molecule has 0 aliphatic carbocycles. The Labute approximate surface area is 104 Å². The molecule has 0 saturated heterocycles. The molecule has 1 rings (SSSR count). The van der Waals surface area contributed by atoms with Crippen molar-refractivity contribution in [3.63, 3.8) is 0 Å². The summed E-state index contributed by atoms with van der Waals surface area (Å²) in [6, 6.07) is 9.65. The summed E-state index contributed by atoms with van der Waals surface area (Å²) in [5, 5.41) is 8.64. The van der Waals surface area contributed by atoms with Crippen LogP contribution in [-0.2, 0) is 11.2 Å². The van der Waals surface area contributed by atoms with Crippen LogP contribution in [0.25, 0.3) is 0 Å². The second-order valence-electron chi connectivity index (χ2n) is 5.30. The summed E-state index contributed by atoms with van der Waals surface area (Å²) >= 11 is 0. The number of hydrogen-bond donors (Lipinski definition) is 2. The normalized spacial score (nSPS) is 12.3. The number of carboxylic acids is 1. The highest BCUT2D eigenvalue weighted by Gasteiger charge is 2.10. The van der Waals surface area contributed by atoms with Crippen molar-refractivity contribution in [3.8, 4) is 0 Å². The predicted octanol–water partition coefficient (Wildman–Crippen LogP) is 2.69. The minimum Gasteiger partial charge on any atom is -0.481 e. The van der Waals surface area contributed by atoms with Gasteiger partial charge in [-0.15, -0.1) is 0 Å². The van der Waals surface area contributed by atoms with Gasteiger partial charge in [0.2, 0.25) is 0 Å². The lowest BCUT2D eigenvalue weighted by Crippen LogP contribution is -2.26. The molecule has 17 heavy (non-hydrogen) atoms. The Morgan fingerprint density at radius 3 is 2.06 bits per heavy atom. The molecule has 0 aliphatic heterocycles. The van der Waals surface area contributed by atoms with E-state index in [9.17, 15) is 4.79 Å². The summed E-state index contributed by atoms with van der Waals surface area (Å²) in [6.07, 6.45) is 0.607. The second kappa shape index (κ2) is 7.07. The molecule has 0 saturated carbocycles. The minimum atomic E-state index is -0.737. The zero-order valence-electron chi connectivity index (χ0n) is 11.1. The van der Waals surface area contributed by atoms with Gasteiger partial charge in [0.05, 0.1) is 5.92 Å². The number of benzene rings is 1. The molecule has 0 aliphatic rings. The molecule has 0 radical (unpaired) electrons. The molecule has 3 heteroatoms. The second-order valence-corrected chi connectivity index (χ2v) is 5.30. The van der Waals surface area contributed by atoms with Gasteiger partial charge < -0.3 is 10.8 Å². The predicted molar refractivity (Wildman–Crippen MR) is 70.9 cm³/mol. The molecule has 0 aromatic heterocycles. The Bertz CT molecular complexity index is 322. The van der Waals surface area contributed by atoms with Crippen molar-refractivity contribution in [1.82, 2.24) is 0 Å². The van der Waals surface area contributed by atoms with E-state index in [4.69, 9.17) is 10.8 Å². The van der Waals surface area contributed by atoms with Crippen LogP contribution in [0, 0.1) is 5.92 Å². The van der Waals surface area contributed by atoms with Crippen molar-refractivity contribution >= 4 is 5.97 Å². The zero-order chi connectivity index (χ0) is 13.5. The van der Waals surface area contributed by atoms with E-state index in [-0.39, 0.29) is 11.5 Å². The van der Waals surface area contributed by atoms with Gasteiger partial charge >= 0.3 is 5.97 Å². The van der Waals surface area contributed by atoms with E-state index >= 15 is 0 Å². The van der Waals surface area contributed by atoms with Crippen LogP contribution in [0.3, 0.4) is 0 Å². The maximum atomic E-state index is 10.5. The maximum absolute atomic E-state index is 10.5. The lowest BCUT2D eigenvalue weighted by atomic mass is 10.0. The van der Waals surface area contributed by atoms with E-state index in [2.05, 4.69) is 0 Å². The van der Waals surface area contributed by atoms with Gasteiger partial charge in [0.15, 0.2) is 0 Å². The Kier molecular flexibility index (Phi) is 6.51. The maximum Gasteiger partial charge on any atom is 0.306 e. The van der Waals surface area contributed by atoms with Gasteiger partial charge in [-0.1, -0.05) is 37.3 Å². The number of rotatable bonds is 3. The summed E-state index contributed by atoms with van der Waals surface area (Å²) < 4.78 is 0. The molecule has 0 amide bonds. The molecule has 1 aromatic carbocycles. The summed E-state index contributed by atoms with van der Waals surface area (Å²) in [4.78, 5) is 10.5. The van der Waals surface area contributed by atoms with E-state index in [1.165, 1.54) is 0 Å². The largest absolute Gasteiger partial charge is 0.481 e. The molecule has 0 fully saturated rings. The van der Waals surface area contributed by atoms with Crippen molar-refractivity contribution < 1.29 is 9.90 Å².